The maximum atomic E-state index is 10.8. The Balaban J connectivity index is 2.31. The molecule has 0 radical (unpaired) electrons. The predicted molar refractivity (Wildman–Crippen MR) is 54.6 cm³/mol. The average Bonchev–Trinajstić information content (AvgIpc) is 2.71. The van der Waals surface area contributed by atoms with Crippen molar-refractivity contribution in [3.63, 3.8) is 0 Å². The van der Waals surface area contributed by atoms with E-state index in [4.69, 9.17) is 5.73 Å². The van der Waals surface area contributed by atoms with Crippen LogP contribution in [0.15, 0.2) is 0 Å². The monoisotopic (exact) mass is 211 g/mol. The number of aromatic nitrogens is 2. The molecule has 1 heterocycles. The van der Waals surface area contributed by atoms with Crippen molar-refractivity contribution in [2.45, 2.75) is 25.4 Å². The summed E-state index contributed by atoms with van der Waals surface area (Å²) in [5, 5.41) is 17.9. The van der Waals surface area contributed by atoms with Gasteiger partial charge in [0, 0.05) is 19.1 Å². The third kappa shape index (κ3) is 1.65. The van der Waals surface area contributed by atoms with Gasteiger partial charge in [-0.2, -0.15) is 5.10 Å². The SMILES string of the molecule is Cc1nn(C)c(NC2CC2N)c1[N+](=O)[O-]. The first-order valence-corrected chi connectivity index (χ1v) is 4.71. The first-order valence-electron chi connectivity index (χ1n) is 4.71. The van der Waals surface area contributed by atoms with Crippen LogP contribution in [-0.4, -0.2) is 26.8 Å². The van der Waals surface area contributed by atoms with Crippen LogP contribution < -0.4 is 11.1 Å². The van der Waals surface area contributed by atoms with Gasteiger partial charge in [0.15, 0.2) is 0 Å². The molecular formula is C8H13N5O2. The van der Waals surface area contributed by atoms with E-state index in [1.54, 1.807) is 14.0 Å². The van der Waals surface area contributed by atoms with Gasteiger partial charge in [0.25, 0.3) is 0 Å². The molecule has 82 valence electrons. The van der Waals surface area contributed by atoms with Gasteiger partial charge in [-0.3, -0.25) is 10.1 Å². The zero-order valence-corrected chi connectivity index (χ0v) is 8.60. The number of hydrogen-bond acceptors (Lipinski definition) is 5. The summed E-state index contributed by atoms with van der Waals surface area (Å²) in [7, 11) is 1.68. The van der Waals surface area contributed by atoms with Crippen LogP contribution in [-0.2, 0) is 7.05 Å². The maximum absolute atomic E-state index is 10.8. The Hall–Kier alpha value is -1.63. The largest absolute Gasteiger partial charge is 0.360 e. The van der Waals surface area contributed by atoms with Crippen molar-refractivity contribution >= 4 is 11.5 Å². The molecule has 7 heteroatoms. The standard InChI is InChI=1S/C8H13N5O2/c1-4-7(13(14)15)8(12(2)11-4)10-6-3-5(6)9/h5-6,10H,3,9H2,1-2H3. The first kappa shape index (κ1) is 9.91. The van der Waals surface area contributed by atoms with Crippen LogP contribution in [0.5, 0.6) is 0 Å². The lowest BCUT2D eigenvalue weighted by Crippen LogP contribution is -2.15. The van der Waals surface area contributed by atoms with E-state index in [0.717, 1.165) is 6.42 Å². The van der Waals surface area contributed by atoms with Crippen LogP contribution in [0.1, 0.15) is 12.1 Å². The van der Waals surface area contributed by atoms with Crippen LogP contribution in [0.4, 0.5) is 11.5 Å². The molecule has 2 atom stereocenters. The lowest BCUT2D eigenvalue weighted by Gasteiger charge is -2.03. The predicted octanol–water partition coefficient (Wildman–Crippen LogP) is 0.148. The van der Waals surface area contributed by atoms with E-state index in [9.17, 15) is 10.1 Å². The number of nitrogens with zero attached hydrogens (tertiary/aromatic N) is 3. The molecule has 15 heavy (non-hydrogen) atoms. The van der Waals surface area contributed by atoms with Crippen molar-refractivity contribution in [2.75, 3.05) is 5.32 Å². The van der Waals surface area contributed by atoms with E-state index in [1.807, 2.05) is 0 Å². The minimum absolute atomic E-state index is 0.0385. The molecule has 1 aliphatic rings. The van der Waals surface area contributed by atoms with Crippen LogP contribution in [0.25, 0.3) is 0 Å². The third-order valence-electron chi connectivity index (χ3n) is 2.54. The van der Waals surface area contributed by atoms with Gasteiger partial charge in [-0.25, -0.2) is 4.68 Å². The van der Waals surface area contributed by atoms with E-state index in [-0.39, 0.29) is 17.8 Å². The maximum Gasteiger partial charge on any atom is 0.333 e. The molecule has 0 aliphatic heterocycles. The normalized spacial score (nSPS) is 23.9. The molecule has 3 N–H and O–H groups in total. The van der Waals surface area contributed by atoms with Gasteiger partial charge in [-0.05, 0) is 13.3 Å². The molecule has 1 aliphatic carbocycles. The zero-order chi connectivity index (χ0) is 11.2. The van der Waals surface area contributed by atoms with Gasteiger partial charge in [0.05, 0.1) is 4.92 Å². The Morgan fingerprint density at radius 1 is 1.73 bits per heavy atom. The zero-order valence-electron chi connectivity index (χ0n) is 8.60. The van der Waals surface area contributed by atoms with Crippen molar-refractivity contribution in [3.05, 3.63) is 15.8 Å². The van der Waals surface area contributed by atoms with Gasteiger partial charge in [0.2, 0.25) is 5.82 Å². The second-order valence-electron chi connectivity index (χ2n) is 3.81. The van der Waals surface area contributed by atoms with E-state index in [0.29, 0.717) is 11.5 Å². The van der Waals surface area contributed by atoms with Gasteiger partial charge in [-0.1, -0.05) is 0 Å². The summed E-state index contributed by atoms with van der Waals surface area (Å²) < 4.78 is 1.48. The van der Waals surface area contributed by atoms with E-state index in [2.05, 4.69) is 10.4 Å². The van der Waals surface area contributed by atoms with Crippen LogP contribution in [0.2, 0.25) is 0 Å². The summed E-state index contributed by atoms with van der Waals surface area (Å²) in [6.07, 6.45) is 0.849. The Kier molecular flexibility index (Phi) is 2.11. The fourth-order valence-electron chi connectivity index (χ4n) is 1.58. The molecule has 0 amide bonds. The smallest absolute Gasteiger partial charge is 0.333 e. The molecule has 2 rings (SSSR count). The number of rotatable bonds is 3. The van der Waals surface area contributed by atoms with E-state index in [1.165, 1.54) is 4.68 Å². The molecule has 2 unspecified atom stereocenters. The molecule has 1 aromatic heterocycles. The number of aryl methyl sites for hydroxylation is 2. The topological polar surface area (TPSA) is 99.0 Å². The highest BCUT2D eigenvalue weighted by molar-refractivity contribution is 5.60. The second kappa shape index (κ2) is 3.20. The van der Waals surface area contributed by atoms with E-state index >= 15 is 0 Å². The summed E-state index contributed by atoms with van der Waals surface area (Å²) >= 11 is 0. The van der Waals surface area contributed by atoms with Gasteiger partial charge in [-0.15, -0.1) is 0 Å². The molecule has 7 nitrogen and oxygen atoms in total. The fraction of sp³-hybridized carbons (Fsp3) is 0.625. The highest BCUT2D eigenvalue weighted by Gasteiger charge is 2.36. The Bertz CT molecular complexity index is 413. The number of nitrogens with one attached hydrogen (secondary N) is 1. The molecule has 0 saturated heterocycles. The number of nitro groups is 1. The van der Waals surface area contributed by atoms with Crippen LogP contribution >= 0.6 is 0 Å². The van der Waals surface area contributed by atoms with Crippen molar-refractivity contribution in [1.29, 1.82) is 0 Å². The van der Waals surface area contributed by atoms with Crippen molar-refractivity contribution in [3.8, 4) is 0 Å². The summed E-state index contributed by atoms with van der Waals surface area (Å²) in [6.45, 7) is 1.62. The summed E-state index contributed by atoms with van der Waals surface area (Å²) in [5.74, 6) is 0.440. The molecular weight excluding hydrogens is 198 g/mol. The molecule has 1 saturated carbocycles. The Labute approximate surface area is 86.4 Å². The summed E-state index contributed by atoms with van der Waals surface area (Å²) in [6, 6.07) is 0.235. The molecule has 1 aromatic rings. The van der Waals surface area contributed by atoms with Gasteiger partial charge in [0.1, 0.15) is 5.69 Å². The van der Waals surface area contributed by atoms with Crippen molar-refractivity contribution < 1.29 is 4.92 Å². The molecule has 0 aromatic carbocycles. The minimum Gasteiger partial charge on any atom is -0.360 e. The Morgan fingerprint density at radius 3 is 2.80 bits per heavy atom. The van der Waals surface area contributed by atoms with Crippen LogP contribution in [0.3, 0.4) is 0 Å². The minimum atomic E-state index is -0.418. The summed E-state index contributed by atoms with van der Waals surface area (Å²) in [4.78, 5) is 10.4. The average molecular weight is 211 g/mol. The quantitative estimate of drug-likeness (QED) is 0.547. The second-order valence-corrected chi connectivity index (χ2v) is 3.81. The first-order chi connectivity index (χ1) is 7.00. The van der Waals surface area contributed by atoms with Crippen LogP contribution in [0, 0.1) is 17.0 Å². The van der Waals surface area contributed by atoms with Gasteiger partial charge < -0.3 is 11.1 Å². The van der Waals surface area contributed by atoms with Crippen molar-refractivity contribution in [1.82, 2.24) is 9.78 Å². The number of nitrogens with two attached hydrogens (primary N) is 1. The highest BCUT2D eigenvalue weighted by atomic mass is 16.6. The van der Waals surface area contributed by atoms with Gasteiger partial charge >= 0.3 is 5.69 Å². The molecule has 0 spiro atoms. The lowest BCUT2D eigenvalue weighted by atomic mass is 10.4. The highest BCUT2D eigenvalue weighted by Crippen LogP contribution is 2.31. The Morgan fingerprint density at radius 2 is 2.33 bits per heavy atom. The summed E-state index contributed by atoms with van der Waals surface area (Å²) in [5.41, 5.74) is 6.09. The third-order valence-corrected chi connectivity index (χ3v) is 2.54. The lowest BCUT2D eigenvalue weighted by molar-refractivity contribution is -0.384. The van der Waals surface area contributed by atoms with Crippen molar-refractivity contribution in [2.24, 2.45) is 12.8 Å². The number of anilines is 1. The number of hydrogen-bond donors (Lipinski definition) is 2. The fourth-order valence-corrected chi connectivity index (χ4v) is 1.58. The molecule has 0 bridgehead atoms. The van der Waals surface area contributed by atoms with E-state index < -0.39 is 4.92 Å². The molecule has 1 fully saturated rings.